The number of rotatable bonds is 5. The summed E-state index contributed by atoms with van der Waals surface area (Å²) in [6, 6.07) is 19.4. The molecule has 4 rings (SSSR count). The molecule has 6 heteroatoms. The Kier molecular flexibility index (Phi) is 5.53. The normalized spacial score (nSPS) is 10.7. The maximum atomic E-state index is 12.6. The topological polar surface area (TPSA) is 58.1 Å². The predicted molar refractivity (Wildman–Crippen MR) is 120 cm³/mol. The van der Waals surface area contributed by atoms with Crippen LogP contribution in [0.25, 0.3) is 10.9 Å². The van der Waals surface area contributed by atoms with Gasteiger partial charge in [-0.15, -0.1) is 0 Å². The van der Waals surface area contributed by atoms with Crippen molar-refractivity contribution in [1.82, 2.24) is 9.97 Å². The molecule has 2 aromatic carbocycles. The average molecular weight is 447 g/mol. The van der Waals surface area contributed by atoms with Crippen LogP contribution in [-0.4, -0.2) is 22.9 Å². The van der Waals surface area contributed by atoms with Gasteiger partial charge in [0, 0.05) is 59.0 Å². The molecule has 0 spiro atoms. The molecule has 0 saturated carbocycles. The molecule has 1 amide bonds. The zero-order valence-electron chi connectivity index (χ0n) is 15.8. The summed E-state index contributed by atoms with van der Waals surface area (Å²) in [5.41, 5.74) is 4.55. The van der Waals surface area contributed by atoms with Crippen LogP contribution in [0.15, 0.2) is 83.7 Å². The van der Waals surface area contributed by atoms with Crippen LogP contribution in [0.1, 0.15) is 15.9 Å². The van der Waals surface area contributed by atoms with Gasteiger partial charge in [0.05, 0.1) is 5.52 Å². The minimum Gasteiger partial charge on any atom is -0.380 e. The number of benzene rings is 2. The number of anilines is 2. The van der Waals surface area contributed by atoms with Gasteiger partial charge in [-0.3, -0.25) is 14.8 Å². The van der Waals surface area contributed by atoms with Crippen LogP contribution in [0.3, 0.4) is 0 Å². The van der Waals surface area contributed by atoms with Crippen LogP contribution in [0, 0.1) is 0 Å². The van der Waals surface area contributed by atoms with Gasteiger partial charge in [-0.05, 0) is 57.9 Å². The van der Waals surface area contributed by atoms with Gasteiger partial charge in [-0.1, -0.05) is 24.3 Å². The van der Waals surface area contributed by atoms with Crippen molar-refractivity contribution in [2.45, 2.75) is 6.54 Å². The molecule has 0 fully saturated rings. The SMILES string of the molecule is CN(C(=O)c1ccncc1)c1ccc(CNc2ccnc3c(Br)cccc23)cc1. The Labute approximate surface area is 177 Å². The van der Waals surface area contributed by atoms with Gasteiger partial charge in [0.1, 0.15) is 0 Å². The highest BCUT2D eigenvalue weighted by Crippen LogP contribution is 2.27. The fourth-order valence-corrected chi connectivity index (χ4v) is 3.60. The van der Waals surface area contributed by atoms with E-state index < -0.39 is 0 Å². The average Bonchev–Trinajstić information content (AvgIpc) is 2.78. The van der Waals surface area contributed by atoms with Gasteiger partial charge in [0.15, 0.2) is 0 Å². The minimum absolute atomic E-state index is 0.0629. The van der Waals surface area contributed by atoms with E-state index in [1.165, 1.54) is 0 Å². The Hall–Kier alpha value is -3.25. The molecule has 1 N–H and O–H groups in total. The fraction of sp³-hybridized carbons (Fsp3) is 0.0870. The molecule has 0 aliphatic rings. The number of aromatic nitrogens is 2. The molecule has 0 aliphatic heterocycles. The van der Waals surface area contributed by atoms with E-state index in [2.05, 4.69) is 37.3 Å². The van der Waals surface area contributed by atoms with Crippen molar-refractivity contribution in [3.8, 4) is 0 Å². The van der Waals surface area contributed by atoms with Crippen LogP contribution in [0.2, 0.25) is 0 Å². The van der Waals surface area contributed by atoms with Crippen molar-refractivity contribution in [1.29, 1.82) is 0 Å². The lowest BCUT2D eigenvalue weighted by Gasteiger charge is -2.18. The summed E-state index contributed by atoms with van der Waals surface area (Å²) in [7, 11) is 1.77. The third-order valence-electron chi connectivity index (χ3n) is 4.76. The highest BCUT2D eigenvalue weighted by molar-refractivity contribution is 9.10. The Bertz CT molecular complexity index is 1150. The van der Waals surface area contributed by atoms with E-state index in [4.69, 9.17) is 0 Å². The Morgan fingerprint density at radius 2 is 1.76 bits per heavy atom. The van der Waals surface area contributed by atoms with Gasteiger partial charge < -0.3 is 10.2 Å². The number of para-hydroxylation sites is 1. The number of fused-ring (bicyclic) bond motifs is 1. The van der Waals surface area contributed by atoms with Crippen LogP contribution < -0.4 is 10.2 Å². The van der Waals surface area contributed by atoms with E-state index in [0.717, 1.165) is 32.3 Å². The van der Waals surface area contributed by atoms with E-state index in [9.17, 15) is 4.79 Å². The van der Waals surface area contributed by atoms with Crippen molar-refractivity contribution >= 4 is 44.1 Å². The second kappa shape index (κ2) is 8.41. The van der Waals surface area contributed by atoms with Gasteiger partial charge in [0.25, 0.3) is 5.91 Å². The summed E-state index contributed by atoms with van der Waals surface area (Å²) in [5, 5.41) is 4.55. The number of amides is 1. The molecule has 0 radical (unpaired) electrons. The zero-order chi connectivity index (χ0) is 20.2. The number of hydrogen-bond acceptors (Lipinski definition) is 4. The summed E-state index contributed by atoms with van der Waals surface area (Å²) in [6.45, 7) is 0.675. The second-order valence-corrected chi connectivity index (χ2v) is 7.47. The lowest BCUT2D eigenvalue weighted by Crippen LogP contribution is -2.26. The van der Waals surface area contributed by atoms with Crippen LogP contribution in [0.4, 0.5) is 11.4 Å². The highest BCUT2D eigenvalue weighted by atomic mass is 79.9. The molecule has 5 nitrogen and oxygen atoms in total. The Balaban J connectivity index is 1.47. The third kappa shape index (κ3) is 4.12. The van der Waals surface area contributed by atoms with Crippen LogP contribution >= 0.6 is 15.9 Å². The maximum Gasteiger partial charge on any atom is 0.258 e. The molecule has 0 aliphatic carbocycles. The summed E-state index contributed by atoms with van der Waals surface area (Å²) in [6.07, 6.45) is 5.05. The van der Waals surface area contributed by atoms with Crippen molar-refractivity contribution < 1.29 is 4.79 Å². The summed E-state index contributed by atoms with van der Waals surface area (Å²) in [4.78, 5) is 22.6. The first-order valence-corrected chi connectivity index (χ1v) is 9.97. The fourth-order valence-electron chi connectivity index (χ4n) is 3.13. The summed E-state index contributed by atoms with van der Waals surface area (Å²) >= 11 is 3.55. The van der Waals surface area contributed by atoms with E-state index in [0.29, 0.717) is 12.1 Å². The smallest absolute Gasteiger partial charge is 0.258 e. The lowest BCUT2D eigenvalue weighted by atomic mass is 10.1. The van der Waals surface area contributed by atoms with Crippen molar-refractivity contribution in [3.63, 3.8) is 0 Å². The first-order chi connectivity index (χ1) is 14.1. The van der Waals surface area contributed by atoms with E-state index in [-0.39, 0.29) is 5.91 Å². The van der Waals surface area contributed by atoms with Crippen molar-refractivity contribution in [3.05, 3.63) is 94.9 Å². The summed E-state index contributed by atoms with van der Waals surface area (Å²) < 4.78 is 0.977. The van der Waals surface area contributed by atoms with Crippen molar-refractivity contribution in [2.75, 3.05) is 17.3 Å². The van der Waals surface area contributed by atoms with Crippen LogP contribution in [-0.2, 0) is 6.54 Å². The molecular formula is C23H19BrN4O. The lowest BCUT2D eigenvalue weighted by molar-refractivity contribution is 0.0993. The number of nitrogens with one attached hydrogen (secondary N) is 1. The third-order valence-corrected chi connectivity index (χ3v) is 5.40. The standard InChI is InChI=1S/C23H19BrN4O/c1-28(23(29)17-9-12-25-13-10-17)18-7-5-16(6-8-18)15-27-21-11-14-26-22-19(21)3-2-4-20(22)24/h2-14H,15H2,1H3,(H,26,27). The molecule has 0 unspecified atom stereocenters. The van der Waals surface area contributed by atoms with E-state index >= 15 is 0 Å². The molecule has 4 aromatic rings. The van der Waals surface area contributed by atoms with Gasteiger partial charge in [-0.2, -0.15) is 0 Å². The quantitative estimate of drug-likeness (QED) is 0.452. The number of halogens is 1. The van der Waals surface area contributed by atoms with Gasteiger partial charge in [0.2, 0.25) is 0 Å². The molecule has 0 saturated heterocycles. The second-order valence-electron chi connectivity index (χ2n) is 6.61. The van der Waals surface area contributed by atoms with Crippen molar-refractivity contribution in [2.24, 2.45) is 0 Å². The number of carbonyl (C=O) groups excluding carboxylic acids is 1. The number of nitrogens with zero attached hydrogens (tertiary/aromatic N) is 3. The van der Waals surface area contributed by atoms with Gasteiger partial charge in [-0.25, -0.2) is 0 Å². The van der Waals surface area contributed by atoms with E-state index in [1.54, 1.807) is 42.7 Å². The van der Waals surface area contributed by atoms with Crippen LogP contribution in [0.5, 0.6) is 0 Å². The molecule has 144 valence electrons. The number of carbonyl (C=O) groups is 1. The number of hydrogen-bond donors (Lipinski definition) is 1. The first-order valence-electron chi connectivity index (χ1n) is 9.17. The molecular weight excluding hydrogens is 428 g/mol. The zero-order valence-corrected chi connectivity index (χ0v) is 17.4. The molecule has 29 heavy (non-hydrogen) atoms. The predicted octanol–water partition coefficient (Wildman–Crippen LogP) is 5.28. The molecule has 0 bridgehead atoms. The molecule has 2 heterocycles. The maximum absolute atomic E-state index is 12.6. The number of pyridine rings is 2. The molecule has 2 aromatic heterocycles. The van der Waals surface area contributed by atoms with Gasteiger partial charge >= 0.3 is 0 Å². The minimum atomic E-state index is -0.0629. The summed E-state index contributed by atoms with van der Waals surface area (Å²) in [5.74, 6) is -0.0629. The highest BCUT2D eigenvalue weighted by Gasteiger charge is 2.13. The monoisotopic (exact) mass is 446 g/mol. The first kappa shape index (κ1) is 19.1. The Morgan fingerprint density at radius 3 is 2.52 bits per heavy atom. The Morgan fingerprint density at radius 1 is 1.00 bits per heavy atom. The van der Waals surface area contributed by atoms with E-state index in [1.807, 2.05) is 42.5 Å². The largest absolute Gasteiger partial charge is 0.380 e. The molecule has 0 atom stereocenters.